The molecule has 0 spiro atoms. The summed E-state index contributed by atoms with van der Waals surface area (Å²) in [7, 11) is -3.62. The number of hydrogen-bond donors (Lipinski definition) is 1. The smallest absolute Gasteiger partial charge is 0.258 e. The van der Waals surface area contributed by atoms with E-state index in [9.17, 15) is 22.9 Å². The third-order valence-corrected chi connectivity index (χ3v) is 3.82. The third kappa shape index (κ3) is 4.67. The lowest BCUT2D eigenvalue weighted by atomic mass is 10.3. The molecule has 0 amide bonds. The fourth-order valence-electron chi connectivity index (χ4n) is 1.02. The van der Waals surface area contributed by atoms with Crippen LogP contribution in [-0.2, 0) is 10.0 Å². The predicted molar refractivity (Wildman–Crippen MR) is 61.8 cm³/mol. The summed E-state index contributed by atoms with van der Waals surface area (Å²) >= 11 is 0.876. The molecule has 0 saturated heterocycles. The lowest BCUT2D eigenvalue weighted by Crippen LogP contribution is -2.17. The van der Waals surface area contributed by atoms with Gasteiger partial charge in [0.05, 0.1) is 15.6 Å². The Hall–Kier alpha value is -1.19. The van der Waals surface area contributed by atoms with Gasteiger partial charge in [-0.1, -0.05) is 0 Å². The van der Waals surface area contributed by atoms with Crippen LogP contribution in [0.3, 0.4) is 0 Å². The van der Waals surface area contributed by atoms with Crippen LogP contribution in [0.4, 0.5) is 10.1 Å². The maximum Gasteiger partial charge on any atom is 0.283 e. The fourth-order valence-corrected chi connectivity index (χ4v) is 2.99. The van der Waals surface area contributed by atoms with E-state index < -0.39 is 20.8 Å². The number of nitro groups is 1. The van der Waals surface area contributed by atoms with E-state index in [2.05, 4.69) is 0 Å². The SMILES string of the molecule is NS(=O)(=O)CCSc1cc(F)ccc1[N+](=O)[O-]. The van der Waals surface area contributed by atoms with Crippen LogP contribution >= 0.6 is 11.8 Å². The molecular formula is C8H9FN2O4S2. The average molecular weight is 280 g/mol. The second-order valence-corrected chi connectivity index (χ2v) is 5.96. The Labute approximate surface area is 101 Å². The first kappa shape index (κ1) is 13.9. The molecule has 2 N–H and O–H groups in total. The Bertz CT molecular complexity index is 532. The highest BCUT2D eigenvalue weighted by Crippen LogP contribution is 2.29. The Balaban J connectivity index is 2.82. The fraction of sp³-hybridized carbons (Fsp3) is 0.250. The zero-order chi connectivity index (χ0) is 13.1. The van der Waals surface area contributed by atoms with Crippen molar-refractivity contribution in [2.75, 3.05) is 11.5 Å². The number of nitro benzene ring substituents is 1. The number of benzene rings is 1. The predicted octanol–water partition coefficient (Wildman–Crippen LogP) is 1.11. The van der Waals surface area contributed by atoms with E-state index in [-0.39, 0.29) is 22.1 Å². The minimum absolute atomic E-state index is 0.0309. The van der Waals surface area contributed by atoms with Crippen molar-refractivity contribution in [3.8, 4) is 0 Å². The van der Waals surface area contributed by atoms with Crippen molar-refractivity contribution in [3.63, 3.8) is 0 Å². The molecule has 9 heteroatoms. The van der Waals surface area contributed by atoms with Crippen molar-refractivity contribution in [3.05, 3.63) is 34.1 Å². The van der Waals surface area contributed by atoms with E-state index in [1.807, 2.05) is 0 Å². The minimum atomic E-state index is -3.62. The summed E-state index contributed by atoms with van der Waals surface area (Å²) in [5.74, 6) is -0.914. The molecule has 0 unspecified atom stereocenters. The van der Waals surface area contributed by atoms with Gasteiger partial charge in [0.1, 0.15) is 5.82 Å². The second kappa shape index (κ2) is 5.43. The van der Waals surface area contributed by atoms with E-state index >= 15 is 0 Å². The van der Waals surface area contributed by atoms with E-state index in [1.165, 1.54) is 0 Å². The minimum Gasteiger partial charge on any atom is -0.258 e. The van der Waals surface area contributed by atoms with Crippen molar-refractivity contribution >= 4 is 27.5 Å². The molecule has 1 aromatic carbocycles. The summed E-state index contributed by atoms with van der Waals surface area (Å²) in [5, 5.41) is 15.4. The standard InChI is InChI=1S/C8H9FN2O4S2/c9-6-1-2-7(11(12)13)8(5-6)16-3-4-17(10,14)15/h1-2,5H,3-4H2,(H2,10,14,15). The van der Waals surface area contributed by atoms with Gasteiger partial charge < -0.3 is 0 Å². The van der Waals surface area contributed by atoms with Crippen molar-refractivity contribution in [2.45, 2.75) is 4.90 Å². The second-order valence-electron chi connectivity index (χ2n) is 3.08. The highest BCUT2D eigenvalue weighted by atomic mass is 32.2. The number of primary sulfonamides is 1. The number of nitrogens with two attached hydrogens (primary N) is 1. The molecule has 1 aromatic rings. The molecule has 1 rings (SSSR count). The number of thioether (sulfide) groups is 1. The molecule has 0 saturated carbocycles. The molecule has 0 radical (unpaired) electrons. The monoisotopic (exact) mass is 280 g/mol. The van der Waals surface area contributed by atoms with Gasteiger partial charge in [0.25, 0.3) is 5.69 Å². The molecule has 0 aromatic heterocycles. The van der Waals surface area contributed by atoms with Crippen molar-refractivity contribution in [1.29, 1.82) is 0 Å². The van der Waals surface area contributed by atoms with Gasteiger partial charge in [0.2, 0.25) is 10.0 Å². The van der Waals surface area contributed by atoms with E-state index in [0.29, 0.717) is 0 Å². The van der Waals surface area contributed by atoms with Crippen LogP contribution in [0.2, 0.25) is 0 Å². The van der Waals surface area contributed by atoms with E-state index in [0.717, 1.165) is 30.0 Å². The van der Waals surface area contributed by atoms with Crippen LogP contribution in [0.5, 0.6) is 0 Å². The molecule has 0 aliphatic rings. The number of rotatable bonds is 5. The molecule has 94 valence electrons. The number of hydrogen-bond acceptors (Lipinski definition) is 5. The summed E-state index contributed by atoms with van der Waals surface area (Å²) in [6, 6.07) is 3.00. The lowest BCUT2D eigenvalue weighted by Gasteiger charge is -2.02. The van der Waals surface area contributed by atoms with Gasteiger partial charge in [0.15, 0.2) is 0 Å². The molecule has 6 nitrogen and oxygen atoms in total. The van der Waals surface area contributed by atoms with Gasteiger partial charge in [-0.3, -0.25) is 10.1 Å². The Morgan fingerprint density at radius 3 is 2.65 bits per heavy atom. The number of halogens is 1. The maximum atomic E-state index is 12.9. The molecule has 0 heterocycles. The quantitative estimate of drug-likeness (QED) is 0.494. The third-order valence-electron chi connectivity index (χ3n) is 1.74. The topological polar surface area (TPSA) is 103 Å². The van der Waals surface area contributed by atoms with E-state index in [1.54, 1.807) is 0 Å². The molecule has 0 fully saturated rings. The molecular weight excluding hydrogens is 271 g/mol. The largest absolute Gasteiger partial charge is 0.283 e. The van der Waals surface area contributed by atoms with Crippen molar-refractivity contribution in [2.24, 2.45) is 5.14 Å². The van der Waals surface area contributed by atoms with Gasteiger partial charge >= 0.3 is 0 Å². The van der Waals surface area contributed by atoms with Crippen LogP contribution in [0.25, 0.3) is 0 Å². The molecule has 0 aliphatic carbocycles. The summed E-state index contributed by atoms with van der Waals surface area (Å²) in [4.78, 5) is 10.0. The lowest BCUT2D eigenvalue weighted by molar-refractivity contribution is -0.387. The van der Waals surface area contributed by atoms with E-state index in [4.69, 9.17) is 5.14 Å². The Kier molecular flexibility index (Phi) is 4.43. The Morgan fingerprint density at radius 2 is 2.12 bits per heavy atom. The van der Waals surface area contributed by atoms with Crippen molar-refractivity contribution < 1.29 is 17.7 Å². The van der Waals surface area contributed by atoms with Crippen LogP contribution < -0.4 is 5.14 Å². The first-order chi connectivity index (χ1) is 7.79. The van der Waals surface area contributed by atoms with Crippen LogP contribution in [0.15, 0.2) is 23.1 Å². The number of nitrogens with zero attached hydrogens (tertiary/aromatic N) is 1. The summed E-state index contributed by atoms with van der Waals surface area (Å²) in [5.41, 5.74) is -0.259. The van der Waals surface area contributed by atoms with Gasteiger partial charge in [-0.2, -0.15) is 0 Å². The molecule has 0 atom stereocenters. The van der Waals surface area contributed by atoms with Crippen LogP contribution in [0, 0.1) is 15.9 Å². The summed E-state index contributed by atoms with van der Waals surface area (Å²) in [6.07, 6.45) is 0. The first-order valence-electron chi connectivity index (χ1n) is 4.37. The van der Waals surface area contributed by atoms with Gasteiger partial charge in [0, 0.05) is 11.8 Å². The van der Waals surface area contributed by atoms with Gasteiger partial charge in [-0.25, -0.2) is 17.9 Å². The zero-order valence-electron chi connectivity index (χ0n) is 8.50. The zero-order valence-corrected chi connectivity index (χ0v) is 10.1. The first-order valence-corrected chi connectivity index (χ1v) is 7.07. The number of sulfonamides is 1. The van der Waals surface area contributed by atoms with Gasteiger partial charge in [-0.15, -0.1) is 11.8 Å². The van der Waals surface area contributed by atoms with Crippen LogP contribution in [0.1, 0.15) is 0 Å². The molecule has 17 heavy (non-hydrogen) atoms. The Morgan fingerprint density at radius 1 is 1.47 bits per heavy atom. The van der Waals surface area contributed by atoms with Crippen LogP contribution in [-0.4, -0.2) is 24.8 Å². The summed E-state index contributed by atoms with van der Waals surface area (Å²) in [6.45, 7) is 0. The average Bonchev–Trinajstić information content (AvgIpc) is 2.15. The normalized spacial score (nSPS) is 11.4. The molecule has 0 bridgehead atoms. The van der Waals surface area contributed by atoms with Gasteiger partial charge in [-0.05, 0) is 12.1 Å². The highest BCUT2D eigenvalue weighted by molar-refractivity contribution is 8.00. The van der Waals surface area contributed by atoms with Crippen molar-refractivity contribution in [1.82, 2.24) is 0 Å². The highest BCUT2D eigenvalue weighted by Gasteiger charge is 2.15. The molecule has 0 aliphatic heterocycles. The maximum absolute atomic E-state index is 12.9. The summed E-state index contributed by atoms with van der Waals surface area (Å²) < 4.78 is 34.2.